The monoisotopic (exact) mass is 387 g/mol. The zero-order valence-corrected chi connectivity index (χ0v) is 15.8. The summed E-state index contributed by atoms with van der Waals surface area (Å²) in [5.41, 5.74) is 1.35. The van der Waals surface area contributed by atoms with Crippen LogP contribution in [0.2, 0.25) is 0 Å². The van der Waals surface area contributed by atoms with E-state index in [-0.39, 0.29) is 29.9 Å². The molecule has 0 fully saturated rings. The quantitative estimate of drug-likeness (QED) is 0.615. The number of aromatic nitrogens is 2. The van der Waals surface area contributed by atoms with Crippen molar-refractivity contribution in [3.8, 4) is 10.6 Å². The lowest BCUT2D eigenvalue weighted by Gasteiger charge is -2.21. The number of amides is 1. The van der Waals surface area contributed by atoms with Crippen molar-refractivity contribution >= 4 is 22.4 Å². The smallest absolute Gasteiger partial charge is 0.233 e. The molecule has 0 spiro atoms. The topological polar surface area (TPSA) is 46.1 Å². The van der Waals surface area contributed by atoms with Crippen molar-refractivity contribution in [1.29, 1.82) is 0 Å². The molecule has 0 saturated heterocycles. The summed E-state index contributed by atoms with van der Waals surface area (Å²) in [4.78, 5) is 14.4. The Balaban J connectivity index is 1.84. The summed E-state index contributed by atoms with van der Waals surface area (Å²) in [7, 11) is 0. The largest absolute Gasteiger partial charge is 0.286 e. The Labute approximate surface area is 160 Å². The minimum absolute atomic E-state index is 0.141. The first-order valence-corrected chi connectivity index (χ1v) is 9.38. The van der Waals surface area contributed by atoms with E-state index in [9.17, 15) is 13.6 Å². The summed E-state index contributed by atoms with van der Waals surface area (Å²) in [6, 6.07) is 12.0. The van der Waals surface area contributed by atoms with E-state index in [1.165, 1.54) is 35.6 Å². The van der Waals surface area contributed by atoms with Gasteiger partial charge in [0, 0.05) is 12.1 Å². The van der Waals surface area contributed by atoms with Crippen molar-refractivity contribution in [2.24, 2.45) is 5.92 Å². The maximum Gasteiger partial charge on any atom is 0.233 e. The third-order valence-electron chi connectivity index (χ3n) is 3.83. The lowest BCUT2D eigenvalue weighted by molar-refractivity contribution is -0.118. The van der Waals surface area contributed by atoms with Crippen molar-refractivity contribution in [3.63, 3.8) is 0 Å². The number of hydrogen-bond donors (Lipinski definition) is 0. The van der Waals surface area contributed by atoms with Gasteiger partial charge in [-0.1, -0.05) is 49.4 Å². The second-order valence-electron chi connectivity index (χ2n) is 6.60. The summed E-state index contributed by atoms with van der Waals surface area (Å²) in [6.45, 7) is 4.50. The van der Waals surface area contributed by atoms with E-state index in [0.717, 1.165) is 5.56 Å². The van der Waals surface area contributed by atoms with Gasteiger partial charge in [0.2, 0.25) is 11.0 Å². The molecule has 0 bridgehead atoms. The fraction of sp³-hybridized carbons (Fsp3) is 0.250. The van der Waals surface area contributed by atoms with Gasteiger partial charge in [0.25, 0.3) is 0 Å². The van der Waals surface area contributed by atoms with Crippen LogP contribution in [0.25, 0.3) is 10.6 Å². The number of hydrogen-bond acceptors (Lipinski definition) is 4. The molecular weight excluding hydrogens is 368 g/mol. The second kappa shape index (κ2) is 8.35. The van der Waals surface area contributed by atoms with E-state index in [0.29, 0.717) is 22.2 Å². The number of rotatable bonds is 6. The van der Waals surface area contributed by atoms with Gasteiger partial charge in [-0.3, -0.25) is 9.69 Å². The van der Waals surface area contributed by atoms with E-state index in [1.807, 2.05) is 13.8 Å². The first-order valence-electron chi connectivity index (χ1n) is 8.56. The third-order valence-corrected chi connectivity index (χ3v) is 4.83. The van der Waals surface area contributed by atoms with E-state index in [2.05, 4.69) is 10.2 Å². The number of benzene rings is 2. The summed E-state index contributed by atoms with van der Waals surface area (Å²) < 4.78 is 26.5. The van der Waals surface area contributed by atoms with Gasteiger partial charge in [-0.25, -0.2) is 8.78 Å². The molecule has 1 amide bonds. The van der Waals surface area contributed by atoms with Gasteiger partial charge in [0.15, 0.2) is 0 Å². The highest BCUT2D eigenvalue weighted by Crippen LogP contribution is 2.30. The maximum atomic E-state index is 13.5. The summed E-state index contributed by atoms with van der Waals surface area (Å²) in [5.74, 6) is -0.606. The molecule has 0 unspecified atom stereocenters. The molecule has 0 aliphatic carbocycles. The average molecular weight is 387 g/mol. The van der Waals surface area contributed by atoms with Crippen LogP contribution in [-0.2, 0) is 11.2 Å². The normalized spacial score (nSPS) is 11.0. The van der Waals surface area contributed by atoms with Gasteiger partial charge in [-0.15, -0.1) is 10.2 Å². The molecule has 2 aromatic carbocycles. The molecule has 140 valence electrons. The van der Waals surface area contributed by atoms with Crippen LogP contribution in [0.5, 0.6) is 0 Å². The van der Waals surface area contributed by atoms with Gasteiger partial charge in [-0.05, 0) is 35.7 Å². The Hall–Kier alpha value is -2.67. The maximum absolute atomic E-state index is 13.5. The molecule has 0 N–H and O–H groups in total. The molecule has 27 heavy (non-hydrogen) atoms. The second-order valence-corrected chi connectivity index (χ2v) is 7.56. The zero-order chi connectivity index (χ0) is 19.4. The Morgan fingerprint density at radius 3 is 2.48 bits per heavy atom. The highest BCUT2D eigenvalue weighted by molar-refractivity contribution is 7.18. The van der Waals surface area contributed by atoms with Crippen LogP contribution in [0, 0.1) is 17.6 Å². The van der Waals surface area contributed by atoms with Crippen molar-refractivity contribution in [1.82, 2.24) is 10.2 Å². The number of halogens is 2. The Kier molecular flexibility index (Phi) is 5.91. The highest BCUT2D eigenvalue weighted by Gasteiger charge is 2.22. The molecular formula is C20H19F2N3OS. The van der Waals surface area contributed by atoms with E-state index >= 15 is 0 Å². The third kappa shape index (κ3) is 4.95. The summed E-state index contributed by atoms with van der Waals surface area (Å²) in [5, 5.41) is 9.28. The fourth-order valence-electron chi connectivity index (χ4n) is 2.59. The predicted octanol–water partition coefficient (Wildman–Crippen LogP) is 4.72. The Morgan fingerprint density at radius 2 is 1.81 bits per heavy atom. The zero-order valence-electron chi connectivity index (χ0n) is 15.0. The van der Waals surface area contributed by atoms with E-state index in [1.54, 1.807) is 29.2 Å². The van der Waals surface area contributed by atoms with Gasteiger partial charge in [0.05, 0.1) is 6.42 Å². The number of carbonyl (C=O) groups excluding carboxylic acids is 1. The minimum atomic E-state index is -0.351. The van der Waals surface area contributed by atoms with Crippen LogP contribution in [0.4, 0.5) is 13.9 Å². The molecule has 0 radical (unpaired) electrons. The summed E-state index contributed by atoms with van der Waals surface area (Å²) in [6.07, 6.45) is 0.141. The van der Waals surface area contributed by atoms with Crippen LogP contribution in [0.15, 0.2) is 48.5 Å². The standard InChI is InChI=1S/C20H19F2N3OS/c1-13(2)12-25(18(26)10-14-6-8-16(21)9-7-14)20-24-23-19(27-20)15-4-3-5-17(22)11-15/h3-9,11,13H,10,12H2,1-2H3. The molecule has 0 atom stereocenters. The fourth-order valence-corrected chi connectivity index (χ4v) is 3.45. The van der Waals surface area contributed by atoms with Crippen LogP contribution in [-0.4, -0.2) is 22.6 Å². The van der Waals surface area contributed by atoms with Crippen molar-refractivity contribution < 1.29 is 13.6 Å². The van der Waals surface area contributed by atoms with Crippen molar-refractivity contribution in [2.45, 2.75) is 20.3 Å². The van der Waals surface area contributed by atoms with Crippen LogP contribution < -0.4 is 4.90 Å². The van der Waals surface area contributed by atoms with Gasteiger partial charge >= 0.3 is 0 Å². The lowest BCUT2D eigenvalue weighted by Crippen LogP contribution is -2.35. The van der Waals surface area contributed by atoms with Gasteiger partial charge in [0.1, 0.15) is 16.6 Å². The number of anilines is 1. The molecule has 0 aliphatic heterocycles. The van der Waals surface area contributed by atoms with Crippen molar-refractivity contribution in [3.05, 3.63) is 65.7 Å². The molecule has 0 aliphatic rings. The SMILES string of the molecule is CC(C)CN(C(=O)Cc1ccc(F)cc1)c1nnc(-c2cccc(F)c2)s1. The minimum Gasteiger partial charge on any atom is -0.286 e. The van der Waals surface area contributed by atoms with Gasteiger partial charge in [-0.2, -0.15) is 0 Å². The lowest BCUT2D eigenvalue weighted by atomic mass is 10.1. The van der Waals surface area contributed by atoms with Gasteiger partial charge < -0.3 is 0 Å². The Bertz CT molecular complexity index is 925. The molecule has 3 rings (SSSR count). The summed E-state index contributed by atoms with van der Waals surface area (Å²) >= 11 is 1.24. The highest BCUT2D eigenvalue weighted by atomic mass is 32.1. The first-order chi connectivity index (χ1) is 12.9. The Morgan fingerprint density at radius 1 is 1.07 bits per heavy atom. The molecule has 3 aromatic rings. The van der Waals surface area contributed by atoms with Crippen LogP contribution in [0.1, 0.15) is 19.4 Å². The number of nitrogens with zero attached hydrogens (tertiary/aromatic N) is 3. The first kappa shape index (κ1) is 19.1. The van der Waals surface area contributed by atoms with E-state index in [4.69, 9.17) is 0 Å². The average Bonchev–Trinajstić information content (AvgIpc) is 3.11. The van der Waals surface area contributed by atoms with Crippen LogP contribution in [0.3, 0.4) is 0 Å². The molecule has 4 nitrogen and oxygen atoms in total. The number of carbonyl (C=O) groups is 1. The van der Waals surface area contributed by atoms with E-state index < -0.39 is 0 Å². The predicted molar refractivity (Wildman–Crippen MR) is 103 cm³/mol. The molecule has 1 heterocycles. The van der Waals surface area contributed by atoms with Crippen LogP contribution >= 0.6 is 11.3 Å². The molecule has 1 aromatic heterocycles. The van der Waals surface area contributed by atoms with Crippen molar-refractivity contribution in [2.75, 3.05) is 11.4 Å². The molecule has 7 heteroatoms. The molecule has 0 saturated carbocycles.